The molecular weight excluding hydrogens is 1030 g/mol. The van der Waals surface area contributed by atoms with Gasteiger partial charge in [-0.25, -0.2) is 4.79 Å². The number of aliphatic hydroxyl groups excluding tert-OH is 3. The molecule has 26 nitrogen and oxygen atoms in total. The fraction of sp³-hybridized carbons (Fsp3) is 0.640. The summed E-state index contributed by atoms with van der Waals surface area (Å²) in [5.74, 6) is -10.1. The van der Waals surface area contributed by atoms with Gasteiger partial charge >= 0.3 is 6.09 Å². The molecule has 0 saturated carbocycles. The van der Waals surface area contributed by atoms with E-state index in [-0.39, 0.29) is 18.6 Å². The second-order valence-corrected chi connectivity index (χ2v) is 21.6. The number of nitrogens with one attached hydrogen (secondary N) is 9. The number of alkyl carbamates (subject to hydrolysis) is 1. The van der Waals surface area contributed by atoms with Gasteiger partial charge in [-0.15, -0.1) is 11.8 Å². The highest BCUT2D eigenvalue weighted by Gasteiger charge is 2.45. The Balaban J connectivity index is 1.59. The minimum Gasteiger partial charge on any atom is -0.494 e. The van der Waals surface area contributed by atoms with Crippen LogP contribution in [-0.2, 0) is 54.3 Å². The Morgan fingerprint density at radius 2 is 1.55 bits per heavy atom. The van der Waals surface area contributed by atoms with Crippen LogP contribution in [0.15, 0.2) is 23.2 Å². The smallest absolute Gasteiger partial charge is 0.407 e. The highest BCUT2D eigenvalue weighted by atomic mass is 32.2. The average molecular weight is 1100 g/mol. The maximum atomic E-state index is 14.7. The number of fused-ring (bicyclic) bond motifs is 5. The summed E-state index contributed by atoms with van der Waals surface area (Å²) in [6.45, 7) is 8.21. The monoisotopic (exact) mass is 1100 g/mol. The van der Waals surface area contributed by atoms with E-state index in [9.17, 15) is 63.3 Å². The van der Waals surface area contributed by atoms with Crippen LogP contribution in [0.3, 0.4) is 0 Å². The lowest BCUT2D eigenvalue weighted by atomic mass is 9.93. The normalized spacial score (nSPS) is 24.8. The van der Waals surface area contributed by atoms with Crippen LogP contribution in [0.25, 0.3) is 10.9 Å². The van der Waals surface area contributed by atoms with Gasteiger partial charge in [0.2, 0.25) is 53.2 Å². The molecule has 1 fully saturated rings. The van der Waals surface area contributed by atoms with E-state index in [4.69, 9.17) is 15.2 Å². The molecule has 5 rings (SSSR count). The van der Waals surface area contributed by atoms with Crippen molar-refractivity contribution in [1.82, 2.24) is 52.4 Å². The van der Waals surface area contributed by atoms with Crippen LogP contribution in [0.1, 0.15) is 92.1 Å². The molecule has 10 atom stereocenters. The molecular formula is C50H75N11O15S. The number of H-pyrrole nitrogens is 1. The Morgan fingerprint density at radius 1 is 0.857 bits per heavy atom. The molecule has 4 heterocycles. The number of hydrogen-bond donors (Lipinski definition) is 13. The Hall–Kier alpha value is -6.71. The second-order valence-electron chi connectivity index (χ2n) is 20.6. The Bertz CT molecular complexity index is 2490. The summed E-state index contributed by atoms with van der Waals surface area (Å²) >= 11 is 0.991. The molecule has 3 aliphatic rings. The highest BCUT2D eigenvalue weighted by molar-refractivity contribution is 7.99. The zero-order valence-electron chi connectivity index (χ0n) is 44.3. The number of primary amides is 1. The van der Waals surface area contributed by atoms with Crippen molar-refractivity contribution in [2.24, 2.45) is 17.6 Å². The molecule has 1 aromatic heterocycles. The Morgan fingerprint density at radius 3 is 2.22 bits per heavy atom. The van der Waals surface area contributed by atoms with Gasteiger partial charge in [0.15, 0.2) is 0 Å². The maximum absolute atomic E-state index is 14.7. The van der Waals surface area contributed by atoms with Crippen LogP contribution < -0.4 is 53.0 Å². The average Bonchev–Trinajstić information content (AvgIpc) is 3.93. The van der Waals surface area contributed by atoms with E-state index < -0.39 is 158 Å². The van der Waals surface area contributed by atoms with E-state index in [0.29, 0.717) is 53.2 Å². The van der Waals surface area contributed by atoms with Gasteiger partial charge in [-0.05, 0) is 57.2 Å². The molecule has 0 radical (unpaired) electrons. The van der Waals surface area contributed by atoms with E-state index in [1.807, 2.05) is 0 Å². The number of thioether (sulfide) groups is 1. The largest absolute Gasteiger partial charge is 0.494 e. The molecule has 0 aliphatic carbocycles. The number of amides is 10. The summed E-state index contributed by atoms with van der Waals surface area (Å²) in [5.41, 5.74) is 5.82. The van der Waals surface area contributed by atoms with Crippen LogP contribution in [0, 0.1) is 11.8 Å². The summed E-state index contributed by atoms with van der Waals surface area (Å²) in [5, 5.41) is 53.1. The molecule has 1 aromatic carbocycles. The van der Waals surface area contributed by atoms with Crippen molar-refractivity contribution in [3.05, 3.63) is 23.8 Å². The zero-order valence-corrected chi connectivity index (χ0v) is 45.1. The summed E-state index contributed by atoms with van der Waals surface area (Å²) in [4.78, 5) is 142. The van der Waals surface area contributed by atoms with Crippen LogP contribution in [-0.4, -0.2) is 184 Å². The number of nitrogens with two attached hydrogens (primary N) is 1. The third-order valence-electron chi connectivity index (χ3n) is 13.4. The first kappa shape index (κ1) is 61.1. The lowest BCUT2D eigenvalue weighted by molar-refractivity contribution is -0.144. The van der Waals surface area contributed by atoms with Crippen molar-refractivity contribution < 1.29 is 72.7 Å². The molecule has 0 spiro atoms. The predicted molar refractivity (Wildman–Crippen MR) is 278 cm³/mol. The summed E-state index contributed by atoms with van der Waals surface area (Å²) in [6.07, 6.45) is -1.53. The summed E-state index contributed by atoms with van der Waals surface area (Å²) in [6, 6.07) is -4.24. The first-order valence-corrected chi connectivity index (χ1v) is 26.9. The molecule has 77 heavy (non-hydrogen) atoms. The molecule has 426 valence electrons. The molecule has 27 heteroatoms. The molecule has 10 amide bonds. The molecule has 14 N–H and O–H groups in total. The van der Waals surface area contributed by atoms with Gasteiger partial charge in [0, 0.05) is 49.1 Å². The SMILES string of the molecule is CCC(C)C1NC(=O)CNC(=O)C2Cc3c([nH]c4cc(OCCCCCCNC(=O)OC(C)(C)C)ccc34)SC[C@H](NC(=O)CNC1=O)C(=O)NC(CC(N)=O)C(=O)N1C[C@H](O)CC1C(=O)NC([C@@H](C)C(O)CO)C(=O)N2. The fourth-order valence-corrected chi connectivity index (χ4v) is 10.0. The third-order valence-corrected chi connectivity index (χ3v) is 14.5. The molecule has 3 aliphatic heterocycles. The van der Waals surface area contributed by atoms with Gasteiger partial charge in [0.05, 0.1) is 55.5 Å². The fourth-order valence-electron chi connectivity index (χ4n) is 8.92. The minimum absolute atomic E-state index is 0.305. The van der Waals surface area contributed by atoms with Crippen molar-refractivity contribution in [3.63, 3.8) is 0 Å². The molecule has 7 unspecified atom stereocenters. The number of unbranched alkanes of at least 4 members (excludes halogenated alkanes) is 3. The number of aliphatic hydroxyl groups is 3. The minimum atomic E-state index is -1.76. The van der Waals surface area contributed by atoms with E-state index in [1.165, 1.54) is 6.92 Å². The van der Waals surface area contributed by atoms with Crippen molar-refractivity contribution >= 4 is 81.9 Å². The lowest BCUT2D eigenvalue weighted by Crippen LogP contribution is -2.62. The number of benzene rings is 1. The lowest BCUT2D eigenvalue weighted by Gasteiger charge is -2.32. The molecule has 2 aromatic rings. The Labute approximate surface area is 449 Å². The number of ether oxygens (including phenoxy) is 2. The Kier molecular flexibility index (Phi) is 22.3. The van der Waals surface area contributed by atoms with Gasteiger partial charge in [0.1, 0.15) is 47.6 Å². The van der Waals surface area contributed by atoms with Crippen LogP contribution in [0.5, 0.6) is 5.75 Å². The van der Waals surface area contributed by atoms with Crippen molar-refractivity contribution in [2.75, 3.05) is 45.1 Å². The van der Waals surface area contributed by atoms with Crippen molar-refractivity contribution in [1.29, 1.82) is 0 Å². The zero-order chi connectivity index (χ0) is 56.7. The standard InChI is InChI=1S/C50H75N11O15S/c1-7-25(2)40-45(71)54-20-38(66)55-34-24-77-47-30(29-13-12-28(17-31(29)58-47)75-15-11-9-8-10-14-52-49(74)76-50(4,5)6)18-32(42(68)53-21-39(67)59-40)56-46(72)41(26(3)36(64)23-62)60-44(70)35-16-27(63)22-61(35)48(73)33(19-37(51)65)57-43(34)69/h12-13,17,25-27,32-36,40-41,58,62-64H,7-11,14-16,18-24H2,1-6H3,(H2,51,65)(H,52,74)(H,53,68)(H,54,71)(H,55,66)(H,56,72)(H,57,69)(H,59,67)(H,60,70)/t25?,26-,27+,32?,33?,34-,35?,36?,40?,41?/m0/s1. The predicted octanol–water partition coefficient (Wildman–Crippen LogP) is -2.18. The summed E-state index contributed by atoms with van der Waals surface area (Å²) in [7, 11) is 0. The van der Waals surface area contributed by atoms with Gasteiger partial charge in [-0.1, -0.05) is 40.0 Å². The molecule has 2 bridgehead atoms. The maximum Gasteiger partial charge on any atom is 0.407 e. The van der Waals surface area contributed by atoms with E-state index in [2.05, 4.69) is 47.5 Å². The van der Waals surface area contributed by atoms with E-state index in [0.717, 1.165) is 35.9 Å². The van der Waals surface area contributed by atoms with Gasteiger partial charge in [-0.2, -0.15) is 0 Å². The van der Waals surface area contributed by atoms with Gasteiger partial charge < -0.3 is 82.9 Å². The number of aromatic nitrogens is 1. The molecule has 1 saturated heterocycles. The first-order chi connectivity index (χ1) is 36.4. The quantitative estimate of drug-likeness (QED) is 0.0844. The second kappa shape index (κ2) is 28.1. The van der Waals surface area contributed by atoms with Crippen molar-refractivity contribution in [3.8, 4) is 5.75 Å². The van der Waals surface area contributed by atoms with Gasteiger partial charge in [0.25, 0.3) is 0 Å². The van der Waals surface area contributed by atoms with E-state index in [1.54, 1.807) is 52.8 Å². The van der Waals surface area contributed by atoms with Gasteiger partial charge in [-0.3, -0.25) is 43.2 Å². The number of carbonyl (C=O) groups excluding carboxylic acids is 10. The number of hydrogen-bond acceptors (Lipinski definition) is 16. The first-order valence-electron chi connectivity index (χ1n) is 25.9. The highest BCUT2D eigenvalue weighted by Crippen LogP contribution is 2.34. The topological polar surface area (TPSA) is 391 Å². The summed E-state index contributed by atoms with van der Waals surface area (Å²) < 4.78 is 11.4. The number of rotatable bonds is 15. The van der Waals surface area contributed by atoms with Crippen LogP contribution in [0.4, 0.5) is 4.79 Å². The van der Waals surface area contributed by atoms with Crippen LogP contribution >= 0.6 is 11.8 Å². The number of aromatic amines is 1. The number of nitrogens with zero attached hydrogens (tertiary/aromatic N) is 1. The van der Waals surface area contributed by atoms with Crippen LogP contribution in [0.2, 0.25) is 0 Å². The third kappa shape index (κ3) is 17.7. The van der Waals surface area contributed by atoms with Crippen molar-refractivity contribution in [2.45, 2.75) is 152 Å². The van der Waals surface area contributed by atoms with E-state index >= 15 is 0 Å². The number of carbonyl (C=O) groups is 10.